The van der Waals surface area contributed by atoms with Crippen LogP contribution < -0.4 is 10.7 Å². The van der Waals surface area contributed by atoms with Gasteiger partial charge in [0.05, 0.1) is 31.0 Å². The third kappa shape index (κ3) is 5.83. The number of amides is 1. The third-order valence-electron chi connectivity index (χ3n) is 5.05. The first-order valence-electron chi connectivity index (χ1n) is 10.2. The number of carbonyl (C=O) groups excluding carboxylic acids is 2. The number of hydrogen-bond donors (Lipinski definition) is 2. The number of esters is 1. The molecule has 0 saturated heterocycles. The van der Waals surface area contributed by atoms with E-state index in [1.165, 1.54) is 25.5 Å². The Morgan fingerprint density at radius 1 is 1.09 bits per heavy atom. The molecule has 0 saturated carbocycles. The van der Waals surface area contributed by atoms with Gasteiger partial charge in [-0.05, 0) is 62.4 Å². The fourth-order valence-corrected chi connectivity index (χ4v) is 3.38. The average Bonchev–Trinajstić information content (AvgIpc) is 3.09. The number of benzene rings is 2. The lowest BCUT2D eigenvalue weighted by Crippen LogP contribution is -2.26. The van der Waals surface area contributed by atoms with Crippen LogP contribution in [0.3, 0.4) is 0 Å². The quantitative estimate of drug-likeness (QED) is 0.302. The zero-order valence-electron chi connectivity index (χ0n) is 18.7. The molecule has 0 atom stereocenters. The lowest BCUT2D eigenvalue weighted by molar-refractivity contribution is -0.137. The van der Waals surface area contributed by atoms with Crippen LogP contribution in [-0.2, 0) is 15.7 Å². The normalized spacial score (nSPS) is 11.5. The van der Waals surface area contributed by atoms with Crippen LogP contribution in [0.15, 0.2) is 59.7 Å². The Labute approximate surface area is 194 Å². The summed E-state index contributed by atoms with van der Waals surface area (Å²) < 4.78 is 45.0. The van der Waals surface area contributed by atoms with Gasteiger partial charge in [0.15, 0.2) is 0 Å². The minimum absolute atomic E-state index is 0.177. The van der Waals surface area contributed by atoms with Crippen molar-refractivity contribution in [2.24, 2.45) is 5.10 Å². The average molecular weight is 472 g/mol. The molecule has 7 nitrogen and oxygen atoms in total. The molecule has 3 rings (SSSR count). The predicted molar refractivity (Wildman–Crippen MR) is 122 cm³/mol. The summed E-state index contributed by atoms with van der Waals surface area (Å²) in [6.07, 6.45) is -2.97. The van der Waals surface area contributed by atoms with Crippen LogP contribution in [0.25, 0.3) is 5.69 Å². The highest BCUT2D eigenvalue weighted by atomic mass is 19.4. The second-order valence-electron chi connectivity index (χ2n) is 7.43. The molecule has 1 heterocycles. The van der Waals surface area contributed by atoms with Crippen LogP contribution >= 0.6 is 0 Å². The monoisotopic (exact) mass is 472 g/mol. The number of hydrazone groups is 1. The van der Waals surface area contributed by atoms with Gasteiger partial charge in [-0.3, -0.25) is 4.79 Å². The van der Waals surface area contributed by atoms with E-state index in [9.17, 15) is 22.8 Å². The molecule has 1 amide bonds. The summed E-state index contributed by atoms with van der Waals surface area (Å²) in [5, 5.41) is 6.59. The van der Waals surface area contributed by atoms with E-state index in [1.807, 2.05) is 24.5 Å². The number of rotatable bonds is 7. The molecule has 0 bridgehead atoms. The first-order chi connectivity index (χ1) is 16.1. The third-order valence-corrected chi connectivity index (χ3v) is 5.05. The van der Waals surface area contributed by atoms with Crippen LogP contribution in [-0.4, -0.2) is 36.3 Å². The van der Waals surface area contributed by atoms with E-state index in [2.05, 4.69) is 15.8 Å². The van der Waals surface area contributed by atoms with Gasteiger partial charge in [0.1, 0.15) is 0 Å². The maximum absolute atomic E-state index is 12.8. The van der Waals surface area contributed by atoms with Crippen LogP contribution in [0.1, 0.15) is 32.9 Å². The molecule has 0 aliphatic heterocycles. The second-order valence-corrected chi connectivity index (χ2v) is 7.43. The van der Waals surface area contributed by atoms with E-state index in [1.54, 1.807) is 24.3 Å². The van der Waals surface area contributed by atoms with Crippen molar-refractivity contribution < 1.29 is 27.5 Å². The molecule has 178 valence electrons. The number of alkyl halides is 3. The van der Waals surface area contributed by atoms with Gasteiger partial charge in [0.2, 0.25) is 0 Å². The van der Waals surface area contributed by atoms with Gasteiger partial charge >= 0.3 is 12.1 Å². The number of methoxy groups -OCH3 is 1. The molecule has 10 heteroatoms. The lowest BCUT2D eigenvalue weighted by atomic mass is 10.2. The number of hydrogen-bond acceptors (Lipinski definition) is 5. The number of nitrogens with zero attached hydrogens (tertiary/aromatic N) is 2. The first-order valence-corrected chi connectivity index (χ1v) is 10.2. The number of nitrogens with one attached hydrogen (secondary N) is 2. The highest BCUT2D eigenvalue weighted by Crippen LogP contribution is 2.30. The highest BCUT2D eigenvalue weighted by molar-refractivity contribution is 5.89. The van der Waals surface area contributed by atoms with Crippen molar-refractivity contribution in [1.82, 2.24) is 9.99 Å². The largest absolute Gasteiger partial charge is 0.465 e. The maximum Gasteiger partial charge on any atom is 0.416 e. The Morgan fingerprint density at radius 3 is 2.44 bits per heavy atom. The van der Waals surface area contributed by atoms with Crippen molar-refractivity contribution in [2.45, 2.75) is 20.0 Å². The molecule has 1 aromatic heterocycles. The molecule has 2 N–H and O–H groups in total. The Kier molecular flexibility index (Phi) is 7.40. The van der Waals surface area contributed by atoms with E-state index >= 15 is 0 Å². The molecule has 0 aliphatic rings. The molecule has 0 fully saturated rings. The summed E-state index contributed by atoms with van der Waals surface area (Å²) in [6.45, 7) is 3.56. The minimum Gasteiger partial charge on any atom is -0.465 e. The minimum atomic E-state index is -4.46. The number of halogens is 3. The number of ether oxygens (including phenoxy) is 1. The van der Waals surface area contributed by atoms with Gasteiger partial charge in [-0.1, -0.05) is 6.07 Å². The van der Waals surface area contributed by atoms with Gasteiger partial charge in [-0.25, -0.2) is 10.2 Å². The fourth-order valence-electron chi connectivity index (χ4n) is 3.38. The van der Waals surface area contributed by atoms with Crippen LogP contribution in [0.5, 0.6) is 0 Å². The maximum atomic E-state index is 12.8. The Balaban J connectivity index is 1.62. The van der Waals surface area contributed by atoms with Crippen molar-refractivity contribution >= 4 is 23.8 Å². The molecular weight excluding hydrogens is 449 g/mol. The number of carbonyl (C=O) groups is 2. The molecule has 0 radical (unpaired) electrons. The van der Waals surface area contributed by atoms with Gasteiger partial charge in [-0.2, -0.15) is 18.3 Å². The van der Waals surface area contributed by atoms with Crippen LogP contribution in [0.2, 0.25) is 0 Å². The van der Waals surface area contributed by atoms with Gasteiger partial charge in [0, 0.05) is 28.3 Å². The van der Waals surface area contributed by atoms with E-state index < -0.39 is 23.6 Å². The fraction of sp³-hybridized carbons (Fsp3) is 0.208. The van der Waals surface area contributed by atoms with Gasteiger partial charge < -0.3 is 14.6 Å². The highest BCUT2D eigenvalue weighted by Gasteiger charge is 2.30. The standard InChI is InChI=1S/C24H23F3N4O3/c1-15-11-18(16(2)31(15)21-9-7-17(8-10-21)23(33)34-3)13-29-30-22(32)14-28-20-6-4-5-19(12-20)24(25,26)27/h4-13,28H,14H2,1-3H3,(H,30,32). The van der Waals surface area contributed by atoms with Crippen LogP contribution in [0.4, 0.5) is 18.9 Å². The lowest BCUT2D eigenvalue weighted by Gasteiger charge is -2.10. The van der Waals surface area contributed by atoms with Crippen molar-refractivity contribution in [3.05, 3.63) is 82.7 Å². The van der Waals surface area contributed by atoms with Crippen molar-refractivity contribution in [2.75, 3.05) is 19.0 Å². The van der Waals surface area contributed by atoms with Crippen molar-refractivity contribution in [3.8, 4) is 5.69 Å². The van der Waals surface area contributed by atoms with E-state index in [0.29, 0.717) is 5.56 Å². The summed E-state index contributed by atoms with van der Waals surface area (Å²) in [5.41, 5.74) is 5.56. The Bertz CT molecular complexity index is 1220. The SMILES string of the molecule is COC(=O)c1ccc(-n2c(C)cc(C=NNC(=O)CNc3cccc(C(F)(F)F)c3)c2C)cc1. The predicted octanol–water partition coefficient (Wildman–Crippen LogP) is 4.46. The van der Waals surface area contributed by atoms with Crippen molar-refractivity contribution in [3.63, 3.8) is 0 Å². The Morgan fingerprint density at radius 2 is 1.79 bits per heavy atom. The molecule has 0 unspecified atom stereocenters. The van der Waals surface area contributed by atoms with Crippen molar-refractivity contribution in [1.29, 1.82) is 0 Å². The summed E-state index contributed by atoms with van der Waals surface area (Å²) in [6, 6.07) is 13.4. The van der Waals surface area contributed by atoms with Gasteiger partial charge in [-0.15, -0.1) is 0 Å². The Hall–Kier alpha value is -4.08. The smallest absolute Gasteiger partial charge is 0.416 e. The zero-order valence-corrected chi connectivity index (χ0v) is 18.7. The molecule has 0 aliphatic carbocycles. The van der Waals surface area contributed by atoms with E-state index in [4.69, 9.17) is 4.74 Å². The molecule has 0 spiro atoms. The molecule has 3 aromatic rings. The van der Waals surface area contributed by atoms with Crippen LogP contribution in [0, 0.1) is 13.8 Å². The summed E-state index contributed by atoms with van der Waals surface area (Å²) in [7, 11) is 1.32. The molecular formula is C24H23F3N4O3. The molecule has 34 heavy (non-hydrogen) atoms. The number of aryl methyl sites for hydroxylation is 1. The summed E-state index contributed by atoms with van der Waals surface area (Å²) in [5.74, 6) is -0.931. The molecule has 2 aromatic carbocycles. The van der Waals surface area contributed by atoms with E-state index in [-0.39, 0.29) is 12.2 Å². The van der Waals surface area contributed by atoms with E-state index in [0.717, 1.165) is 34.8 Å². The zero-order chi connectivity index (χ0) is 24.9. The first kappa shape index (κ1) is 24.6. The van der Waals surface area contributed by atoms with Gasteiger partial charge in [0.25, 0.3) is 5.91 Å². The topological polar surface area (TPSA) is 84.7 Å². The summed E-state index contributed by atoms with van der Waals surface area (Å²) >= 11 is 0. The second kappa shape index (κ2) is 10.2. The summed E-state index contributed by atoms with van der Waals surface area (Å²) in [4.78, 5) is 23.6. The number of aromatic nitrogens is 1. The number of anilines is 1.